The smallest absolute Gasteiger partial charge is 0.315 e. The number of fused-ring (bicyclic) bond motifs is 2. The number of hydrogen-bond acceptors (Lipinski definition) is 3. The lowest BCUT2D eigenvalue weighted by Crippen LogP contribution is -2.15. The van der Waals surface area contributed by atoms with E-state index >= 15 is 0 Å². The first-order valence-electron chi connectivity index (χ1n) is 7.89. The fraction of sp³-hybridized carbons (Fsp3) is 0.200. The fourth-order valence-corrected chi connectivity index (χ4v) is 3.12. The van der Waals surface area contributed by atoms with E-state index in [4.69, 9.17) is 9.15 Å². The van der Waals surface area contributed by atoms with Crippen molar-refractivity contribution in [1.82, 2.24) is 0 Å². The quantitative estimate of drug-likeness (QED) is 0.585. The summed E-state index contributed by atoms with van der Waals surface area (Å²) in [6, 6.07) is 18.4. The highest BCUT2D eigenvalue weighted by Gasteiger charge is 2.32. The molecule has 0 spiro atoms. The molecule has 0 aliphatic carbocycles. The number of furan rings is 1. The SMILES string of the molecule is CC(C)c1oc2c(c1-c1ccccc1)N(C)c1ccccc1O2. The fourth-order valence-electron chi connectivity index (χ4n) is 3.12. The predicted molar refractivity (Wildman–Crippen MR) is 92.8 cm³/mol. The molecule has 1 aromatic heterocycles. The Morgan fingerprint density at radius 2 is 1.61 bits per heavy atom. The van der Waals surface area contributed by atoms with Crippen molar-refractivity contribution in [3.63, 3.8) is 0 Å². The average Bonchev–Trinajstić information content (AvgIpc) is 2.96. The third-order valence-electron chi connectivity index (χ3n) is 4.23. The lowest BCUT2D eigenvalue weighted by molar-refractivity contribution is 0.324. The van der Waals surface area contributed by atoms with E-state index in [1.54, 1.807) is 0 Å². The average molecular weight is 305 g/mol. The van der Waals surface area contributed by atoms with E-state index in [0.29, 0.717) is 5.95 Å². The highest BCUT2D eigenvalue weighted by molar-refractivity contribution is 5.90. The van der Waals surface area contributed by atoms with Gasteiger partial charge in [-0.1, -0.05) is 56.3 Å². The Morgan fingerprint density at radius 1 is 0.913 bits per heavy atom. The number of anilines is 2. The van der Waals surface area contributed by atoms with Gasteiger partial charge in [0.1, 0.15) is 11.4 Å². The van der Waals surface area contributed by atoms with Crippen molar-refractivity contribution in [2.75, 3.05) is 11.9 Å². The molecular weight excluding hydrogens is 286 g/mol. The normalized spacial score (nSPS) is 12.8. The van der Waals surface area contributed by atoms with Crippen LogP contribution in [-0.2, 0) is 0 Å². The number of ether oxygens (including phenoxy) is 1. The molecule has 23 heavy (non-hydrogen) atoms. The first-order chi connectivity index (χ1) is 11.2. The van der Waals surface area contributed by atoms with Crippen LogP contribution in [0.1, 0.15) is 25.5 Å². The molecule has 0 saturated heterocycles. The largest absolute Gasteiger partial charge is 0.428 e. The van der Waals surface area contributed by atoms with Crippen molar-refractivity contribution in [2.24, 2.45) is 0 Å². The van der Waals surface area contributed by atoms with E-state index in [9.17, 15) is 0 Å². The first kappa shape index (κ1) is 13.9. The monoisotopic (exact) mass is 305 g/mol. The Balaban J connectivity index is 1.97. The minimum atomic E-state index is 0.274. The number of para-hydroxylation sites is 2. The van der Waals surface area contributed by atoms with Gasteiger partial charge in [-0.05, 0) is 17.7 Å². The van der Waals surface area contributed by atoms with Gasteiger partial charge in [0.15, 0.2) is 5.75 Å². The molecule has 4 rings (SSSR count). The molecule has 0 radical (unpaired) electrons. The number of rotatable bonds is 2. The topological polar surface area (TPSA) is 25.6 Å². The van der Waals surface area contributed by atoms with Crippen LogP contribution in [0.3, 0.4) is 0 Å². The highest BCUT2D eigenvalue weighted by Crippen LogP contribution is 2.54. The van der Waals surface area contributed by atoms with Crippen molar-refractivity contribution in [2.45, 2.75) is 19.8 Å². The Morgan fingerprint density at radius 3 is 2.35 bits per heavy atom. The van der Waals surface area contributed by atoms with Crippen molar-refractivity contribution >= 4 is 11.4 Å². The number of nitrogens with zero attached hydrogens (tertiary/aromatic N) is 1. The molecule has 116 valence electrons. The summed E-state index contributed by atoms with van der Waals surface area (Å²) >= 11 is 0. The Hall–Kier alpha value is -2.68. The lowest BCUT2D eigenvalue weighted by Gasteiger charge is -2.27. The van der Waals surface area contributed by atoms with Gasteiger partial charge in [0, 0.05) is 13.0 Å². The minimum Gasteiger partial charge on any atom is -0.428 e. The van der Waals surface area contributed by atoms with Crippen LogP contribution < -0.4 is 9.64 Å². The molecule has 1 aliphatic rings. The number of hydrogen-bond donors (Lipinski definition) is 0. The van der Waals surface area contributed by atoms with Crippen LogP contribution in [0.5, 0.6) is 11.7 Å². The summed E-state index contributed by atoms with van der Waals surface area (Å²) in [6.07, 6.45) is 0. The summed E-state index contributed by atoms with van der Waals surface area (Å²) in [7, 11) is 2.06. The summed E-state index contributed by atoms with van der Waals surface area (Å²) in [5, 5.41) is 0. The summed E-state index contributed by atoms with van der Waals surface area (Å²) in [4.78, 5) is 2.16. The van der Waals surface area contributed by atoms with Crippen LogP contribution in [0.15, 0.2) is 59.0 Å². The summed E-state index contributed by atoms with van der Waals surface area (Å²) in [5.41, 5.74) is 4.32. The van der Waals surface area contributed by atoms with E-state index in [1.165, 1.54) is 0 Å². The van der Waals surface area contributed by atoms with Crippen LogP contribution in [0.2, 0.25) is 0 Å². The van der Waals surface area contributed by atoms with Gasteiger partial charge in [-0.15, -0.1) is 0 Å². The van der Waals surface area contributed by atoms with Crippen LogP contribution >= 0.6 is 0 Å². The molecule has 0 unspecified atom stereocenters. The van der Waals surface area contributed by atoms with Crippen molar-refractivity contribution < 1.29 is 9.15 Å². The number of benzene rings is 2. The molecule has 3 aromatic rings. The molecule has 2 aromatic carbocycles. The summed E-state index contributed by atoms with van der Waals surface area (Å²) in [6.45, 7) is 4.29. The van der Waals surface area contributed by atoms with E-state index in [-0.39, 0.29) is 5.92 Å². The standard InChI is InChI=1S/C20H19NO2/c1-13(2)19-17(14-9-5-4-6-10-14)18-20(23-19)22-16-12-8-7-11-15(16)21(18)3/h4-13H,1-3H3. The van der Waals surface area contributed by atoms with Crippen LogP contribution in [-0.4, -0.2) is 7.05 Å². The van der Waals surface area contributed by atoms with E-state index in [2.05, 4.69) is 56.1 Å². The van der Waals surface area contributed by atoms with Gasteiger partial charge in [0.05, 0.1) is 11.3 Å². The maximum Gasteiger partial charge on any atom is 0.315 e. The zero-order valence-electron chi connectivity index (χ0n) is 13.5. The zero-order valence-corrected chi connectivity index (χ0v) is 13.5. The minimum absolute atomic E-state index is 0.274. The molecule has 0 fully saturated rings. The molecule has 2 heterocycles. The summed E-state index contributed by atoms with van der Waals surface area (Å²) in [5.74, 6) is 2.64. The van der Waals surface area contributed by atoms with E-state index in [0.717, 1.165) is 34.0 Å². The van der Waals surface area contributed by atoms with Crippen LogP contribution in [0.25, 0.3) is 11.1 Å². The molecule has 0 saturated carbocycles. The maximum atomic E-state index is 6.12. The first-order valence-corrected chi connectivity index (χ1v) is 7.89. The molecule has 0 N–H and O–H groups in total. The van der Waals surface area contributed by atoms with Gasteiger partial charge in [-0.3, -0.25) is 0 Å². The third-order valence-corrected chi connectivity index (χ3v) is 4.23. The van der Waals surface area contributed by atoms with E-state index < -0.39 is 0 Å². The Bertz CT molecular complexity index is 849. The molecule has 0 atom stereocenters. The highest BCUT2D eigenvalue weighted by atomic mass is 16.6. The van der Waals surface area contributed by atoms with E-state index in [1.807, 2.05) is 24.3 Å². The van der Waals surface area contributed by atoms with Crippen LogP contribution in [0, 0.1) is 0 Å². The predicted octanol–water partition coefficient (Wildman–Crippen LogP) is 5.94. The van der Waals surface area contributed by atoms with Gasteiger partial charge in [-0.25, -0.2) is 0 Å². The molecule has 0 bridgehead atoms. The molecular formula is C20H19NO2. The Kier molecular flexibility index (Phi) is 3.15. The van der Waals surface area contributed by atoms with Gasteiger partial charge < -0.3 is 14.1 Å². The zero-order chi connectivity index (χ0) is 16.0. The molecule has 1 aliphatic heterocycles. The third kappa shape index (κ3) is 2.12. The van der Waals surface area contributed by atoms with Gasteiger partial charge in [0.2, 0.25) is 0 Å². The van der Waals surface area contributed by atoms with Crippen molar-refractivity contribution in [3.05, 3.63) is 60.4 Å². The molecule has 0 amide bonds. The lowest BCUT2D eigenvalue weighted by atomic mass is 9.98. The second-order valence-corrected chi connectivity index (χ2v) is 6.13. The second kappa shape index (κ2) is 5.20. The molecule has 3 nitrogen and oxygen atoms in total. The Labute approximate surface area is 136 Å². The van der Waals surface area contributed by atoms with Crippen molar-refractivity contribution in [3.8, 4) is 22.8 Å². The van der Waals surface area contributed by atoms with Gasteiger partial charge in [0.25, 0.3) is 0 Å². The second-order valence-electron chi connectivity index (χ2n) is 6.13. The van der Waals surface area contributed by atoms with Gasteiger partial charge in [-0.2, -0.15) is 0 Å². The van der Waals surface area contributed by atoms with Gasteiger partial charge >= 0.3 is 5.95 Å². The summed E-state index contributed by atoms with van der Waals surface area (Å²) < 4.78 is 12.1. The maximum absolute atomic E-state index is 6.12. The molecule has 3 heteroatoms. The van der Waals surface area contributed by atoms with Crippen molar-refractivity contribution in [1.29, 1.82) is 0 Å². The van der Waals surface area contributed by atoms with Crippen LogP contribution in [0.4, 0.5) is 11.4 Å².